The van der Waals surface area contributed by atoms with Crippen LogP contribution >= 0.6 is 11.6 Å². The molecule has 0 aliphatic heterocycles. The number of ether oxygens (including phenoxy) is 1. The molecule has 0 saturated carbocycles. The maximum Gasteiger partial charge on any atom is 0.310 e. The largest absolute Gasteiger partial charge is 0.466 e. The van der Waals surface area contributed by atoms with Crippen LogP contribution in [0, 0.1) is 5.92 Å². The zero-order valence-corrected chi connectivity index (χ0v) is 10.3. The molecule has 0 aliphatic carbocycles. The SMILES string of the molecule is CCOC(=O)C(C)CNc1cccc(Cl)c1. The van der Waals surface area contributed by atoms with Crippen LogP contribution < -0.4 is 5.32 Å². The Morgan fingerprint density at radius 1 is 1.56 bits per heavy atom. The third kappa shape index (κ3) is 4.11. The summed E-state index contributed by atoms with van der Waals surface area (Å²) in [6.07, 6.45) is 0. The van der Waals surface area contributed by atoms with Gasteiger partial charge in [-0.25, -0.2) is 0 Å². The molecule has 1 aromatic rings. The number of benzene rings is 1. The molecule has 0 bridgehead atoms. The minimum absolute atomic E-state index is 0.168. The molecule has 4 heteroatoms. The fourth-order valence-corrected chi connectivity index (χ4v) is 1.43. The molecule has 0 aromatic heterocycles. The highest BCUT2D eigenvalue weighted by molar-refractivity contribution is 6.30. The number of hydrogen-bond acceptors (Lipinski definition) is 3. The van der Waals surface area contributed by atoms with Crippen molar-refractivity contribution in [3.8, 4) is 0 Å². The van der Waals surface area contributed by atoms with Gasteiger partial charge in [-0.15, -0.1) is 0 Å². The molecule has 0 aliphatic rings. The van der Waals surface area contributed by atoms with E-state index in [9.17, 15) is 4.79 Å². The summed E-state index contributed by atoms with van der Waals surface area (Å²) in [4.78, 5) is 11.3. The van der Waals surface area contributed by atoms with Crippen LogP contribution in [-0.2, 0) is 9.53 Å². The summed E-state index contributed by atoms with van der Waals surface area (Å²) in [5.41, 5.74) is 0.906. The molecule has 88 valence electrons. The zero-order valence-electron chi connectivity index (χ0n) is 9.50. The molecule has 1 atom stereocenters. The Labute approximate surface area is 101 Å². The van der Waals surface area contributed by atoms with Gasteiger partial charge in [-0.1, -0.05) is 24.6 Å². The van der Waals surface area contributed by atoms with Crippen LogP contribution in [0.25, 0.3) is 0 Å². The second kappa shape index (κ2) is 6.38. The van der Waals surface area contributed by atoms with Crippen molar-refractivity contribution < 1.29 is 9.53 Å². The van der Waals surface area contributed by atoms with Crippen molar-refractivity contribution in [1.82, 2.24) is 0 Å². The third-order valence-corrected chi connectivity index (χ3v) is 2.36. The zero-order chi connectivity index (χ0) is 12.0. The van der Waals surface area contributed by atoms with E-state index in [2.05, 4.69) is 5.32 Å². The fourth-order valence-electron chi connectivity index (χ4n) is 1.24. The normalized spacial score (nSPS) is 11.9. The van der Waals surface area contributed by atoms with E-state index in [1.165, 1.54) is 0 Å². The predicted molar refractivity (Wildman–Crippen MR) is 65.7 cm³/mol. The van der Waals surface area contributed by atoms with Gasteiger partial charge in [0.05, 0.1) is 12.5 Å². The molecule has 0 spiro atoms. The van der Waals surface area contributed by atoms with Crippen LogP contribution in [0.4, 0.5) is 5.69 Å². The summed E-state index contributed by atoms with van der Waals surface area (Å²) >= 11 is 5.84. The Morgan fingerprint density at radius 3 is 2.94 bits per heavy atom. The van der Waals surface area contributed by atoms with Crippen LogP contribution in [0.5, 0.6) is 0 Å². The molecule has 1 aromatic carbocycles. The number of carbonyl (C=O) groups is 1. The van der Waals surface area contributed by atoms with Gasteiger partial charge in [0.2, 0.25) is 0 Å². The van der Waals surface area contributed by atoms with Gasteiger partial charge in [0.25, 0.3) is 0 Å². The molecule has 0 heterocycles. The van der Waals surface area contributed by atoms with Gasteiger partial charge < -0.3 is 10.1 Å². The van der Waals surface area contributed by atoms with E-state index in [0.717, 1.165) is 5.69 Å². The standard InChI is InChI=1S/C12H16ClNO2/c1-3-16-12(15)9(2)8-14-11-6-4-5-10(13)7-11/h4-7,9,14H,3,8H2,1-2H3. The van der Waals surface area contributed by atoms with E-state index < -0.39 is 0 Å². The number of anilines is 1. The van der Waals surface area contributed by atoms with Crippen LogP contribution in [-0.4, -0.2) is 19.1 Å². The summed E-state index contributed by atoms with van der Waals surface area (Å²) in [6.45, 7) is 4.59. The van der Waals surface area contributed by atoms with Crippen molar-refractivity contribution in [3.63, 3.8) is 0 Å². The highest BCUT2D eigenvalue weighted by atomic mass is 35.5. The summed E-state index contributed by atoms with van der Waals surface area (Å²) < 4.78 is 4.91. The van der Waals surface area contributed by atoms with Crippen molar-refractivity contribution in [3.05, 3.63) is 29.3 Å². The first-order valence-corrected chi connectivity index (χ1v) is 5.67. The molecule has 0 fully saturated rings. The Morgan fingerprint density at radius 2 is 2.31 bits per heavy atom. The van der Waals surface area contributed by atoms with Gasteiger partial charge in [-0.05, 0) is 25.1 Å². The Hall–Kier alpha value is -1.22. The minimum atomic E-state index is -0.183. The first kappa shape index (κ1) is 12.8. The van der Waals surface area contributed by atoms with Gasteiger partial charge in [0.1, 0.15) is 0 Å². The highest BCUT2D eigenvalue weighted by Gasteiger charge is 2.13. The molecule has 3 nitrogen and oxygen atoms in total. The van der Waals surface area contributed by atoms with Crippen molar-refractivity contribution >= 4 is 23.3 Å². The Balaban J connectivity index is 2.42. The molecule has 1 unspecified atom stereocenters. The number of nitrogens with one attached hydrogen (secondary N) is 1. The van der Waals surface area contributed by atoms with Crippen molar-refractivity contribution in [2.45, 2.75) is 13.8 Å². The van der Waals surface area contributed by atoms with E-state index in [0.29, 0.717) is 18.2 Å². The third-order valence-electron chi connectivity index (χ3n) is 2.13. The topological polar surface area (TPSA) is 38.3 Å². The fraction of sp³-hybridized carbons (Fsp3) is 0.417. The van der Waals surface area contributed by atoms with Crippen LogP contribution in [0.2, 0.25) is 5.02 Å². The predicted octanol–water partition coefficient (Wildman–Crippen LogP) is 2.95. The molecule has 1 rings (SSSR count). The highest BCUT2D eigenvalue weighted by Crippen LogP contribution is 2.15. The number of rotatable bonds is 5. The Kier molecular flexibility index (Phi) is 5.12. The monoisotopic (exact) mass is 241 g/mol. The quantitative estimate of drug-likeness (QED) is 0.806. The number of halogens is 1. The second-order valence-electron chi connectivity index (χ2n) is 3.54. The number of esters is 1. The first-order valence-electron chi connectivity index (χ1n) is 5.29. The first-order chi connectivity index (χ1) is 7.63. The number of carbonyl (C=O) groups excluding carboxylic acids is 1. The van der Waals surface area contributed by atoms with E-state index >= 15 is 0 Å². The lowest BCUT2D eigenvalue weighted by Gasteiger charge is -2.12. The maximum atomic E-state index is 11.3. The summed E-state index contributed by atoms with van der Waals surface area (Å²) in [6, 6.07) is 7.39. The lowest BCUT2D eigenvalue weighted by atomic mass is 10.2. The number of hydrogen-bond donors (Lipinski definition) is 1. The van der Waals surface area contributed by atoms with E-state index in [4.69, 9.17) is 16.3 Å². The lowest BCUT2D eigenvalue weighted by Crippen LogP contribution is -2.22. The summed E-state index contributed by atoms with van der Waals surface area (Å²) in [5.74, 6) is -0.351. The molecular weight excluding hydrogens is 226 g/mol. The molecule has 0 saturated heterocycles. The summed E-state index contributed by atoms with van der Waals surface area (Å²) in [7, 11) is 0. The van der Waals surface area contributed by atoms with E-state index in [1.807, 2.05) is 31.2 Å². The molecule has 1 N–H and O–H groups in total. The van der Waals surface area contributed by atoms with Crippen molar-refractivity contribution in [1.29, 1.82) is 0 Å². The van der Waals surface area contributed by atoms with Crippen molar-refractivity contribution in [2.24, 2.45) is 5.92 Å². The molecular formula is C12H16ClNO2. The molecule has 0 radical (unpaired) electrons. The molecule has 0 amide bonds. The van der Waals surface area contributed by atoms with Crippen LogP contribution in [0.15, 0.2) is 24.3 Å². The molecule has 16 heavy (non-hydrogen) atoms. The van der Waals surface area contributed by atoms with Gasteiger partial charge in [-0.3, -0.25) is 4.79 Å². The van der Waals surface area contributed by atoms with Crippen LogP contribution in [0.3, 0.4) is 0 Å². The van der Waals surface area contributed by atoms with Crippen molar-refractivity contribution in [2.75, 3.05) is 18.5 Å². The Bertz CT molecular complexity index is 355. The van der Waals surface area contributed by atoms with Gasteiger partial charge >= 0.3 is 5.97 Å². The maximum absolute atomic E-state index is 11.3. The summed E-state index contributed by atoms with van der Waals surface area (Å²) in [5, 5.41) is 3.81. The average Bonchev–Trinajstić information content (AvgIpc) is 2.26. The van der Waals surface area contributed by atoms with Gasteiger partial charge in [-0.2, -0.15) is 0 Å². The smallest absolute Gasteiger partial charge is 0.310 e. The van der Waals surface area contributed by atoms with Gasteiger partial charge in [0.15, 0.2) is 0 Å². The average molecular weight is 242 g/mol. The van der Waals surface area contributed by atoms with E-state index in [-0.39, 0.29) is 11.9 Å². The minimum Gasteiger partial charge on any atom is -0.466 e. The van der Waals surface area contributed by atoms with Gasteiger partial charge in [0, 0.05) is 17.3 Å². The lowest BCUT2D eigenvalue weighted by molar-refractivity contribution is -0.146. The van der Waals surface area contributed by atoms with Crippen LogP contribution in [0.1, 0.15) is 13.8 Å². The second-order valence-corrected chi connectivity index (χ2v) is 3.98. The van der Waals surface area contributed by atoms with E-state index in [1.54, 1.807) is 6.92 Å².